The summed E-state index contributed by atoms with van der Waals surface area (Å²) in [5.41, 5.74) is 6.29. The molecule has 2 N–H and O–H groups in total. The summed E-state index contributed by atoms with van der Waals surface area (Å²) in [5, 5.41) is 0. The van der Waals surface area contributed by atoms with Crippen molar-refractivity contribution in [1.29, 1.82) is 0 Å². The molecular weight excluding hydrogens is 164 g/mol. The van der Waals surface area contributed by atoms with Crippen molar-refractivity contribution in [3.8, 4) is 0 Å². The van der Waals surface area contributed by atoms with Crippen molar-refractivity contribution < 1.29 is 0 Å². The SMILES string of the molecule is Cc1cccc(=O)n1CC=CCN. The van der Waals surface area contributed by atoms with Crippen LogP contribution in [0.4, 0.5) is 0 Å². The van der Waals surface area contributed by atoms with Crippen molar-refractivity contribution in [2.45, 2.75) is 13.5 Å². The first-order valence-electron chi connectivity index (χ1n) is 4.27. The molecule has 0 aromatic carbocycles. The predicted molar refractivity (Wildman–Crippen MR) is 53.6 cm³/mol. The van der Waals surface area contributed by atoms with Gasteiger partial charge in [0.25, 0.3) is 5.56 Å². The van der Waals surface area contributed by atoms with E-state index in [9.17, 15) is 4.79 Å². The highest BCUT2D eigenvalue weighted by molar-refractivity contribution is 5.05. The first kappa shape index (κ1) is 9.74. The van der Waals surface area contributed by atoms with Crippen LogP contribution in [0.5, 0.6) is 0 Å². The number of aromatic nitrogens is 1. The summed E-state index contributed by atoms with van der Waals surface area (Å²) in [6.45, 7) is 3.03. The number of pyridine rings is 1. The molecule has 0 fully saturated rings. The summed E-state index contributed by atoms with van der Waals surface area (Å²) in [4.78, 5) is 11.3. The minimum Gasteiger partial charge on any atom is -0.327 e. The van der Waals surface area contributed by atoms with Gasteiger partial charge in [-0.2, -0.15) is 0 Å². The van der Waals surface area contributed by atoms with Crippen LogP contribution in [0.25, 0.3) is 0 Å². The Morgan fingerprint density at radius 3 is 2.85 bits per heavy atom. The van der Waals surface area contributed by atoms with Crippen LogP contribution in [0.2, 0.25) is 0 Å². The lowest BCUT2D eigenvalue weighted by molar-refractivity contribution is 0.745. The smallest absolute Gasteiger partial charge is 0.250 e. The molecule has 0 amide bonds. The van der Waals surface area contributed by atoms with Crippen LogP contribution in [-0.4, -0.2) is 11.1 Å². The molecule has 0 aliphatic heterocycles. The van der Waals surface area contributed by atoms with Crippen molar-refractivity contribution >= 4 is 0 Å². The number of hydrogen-bond acceptors (Lipinski definition) is 2. The van der Waals surface area contributed by atoms with E-state index in [1.165, 1.54) is 0 Å². The van der Waals surface area contributed by atoms with Crippen molar-refractivity contribution in [2.75, 3.05) is 6.54 Å². The second kappa shape index (κ2) is 4.62. The fourth-order valence-corrected chi connectivity index (χ4v) is 1.13. The van der Waals surface area contributed by atoms with E-state index in [-0.39, 0.29) is 5.56 Å². The molecule has 0 saturated heterocycles. The molecule has 1 aromatic rings. The van der Waals surface area contributed by atoms with Crippen LogP contribution in [0.15, 0.2) is 35.1 Å². The van der Waals surface area contributed by atoms with Crippen molar-refractivity contribution in [3.05, 3.63) is 46.4 Å². The Bertz CT molecular complexity index is 352. The van der Waals surface area contributed by atoms with Gasteiger partial charge in [-0.15, -0.1) is 0 Å². The zero-order valence-corrected chi connectivity index (χ0v) is 7.73. The van der Waals surface area contributed by atoms with Gasteiger partial charge in [-0.05, 0) is 13.0 Å². The molecule has 0 atom stereocenters. The molecule has 13 heavy (non-hydrogen) atoms. The summed E-state index contributed by atoms with van der Waals surface area (Å²) < 4.78 is 1.70. The van der Waals surface area contributed by atoms with Crippen molar-refractivity contribution in [3.63, 3.8) is 0 Å². The normalized spacial score (nSPS) is 10.9. The topological polar surface area (TPSA) is 48.0 Å². The third-order valence-corrected chi connectivity index (χ3v) is 1.86. The summed E-state index contributed by atoms with van der Waals surface area (Å²) in [7, 11) is 0. The van der Waals surface area contributed by atoms with E-state index in [2.05, 4.69) is 0 Å². The Morgan fingerprint density at radius 1 is 1.46 bits per heavy atom. The molecule has 3 heteroatoms. The molecule has 1 rings (SSSR count). The number of aryl methyl sites for hydroxylation is 1. The average Bonchev–Trinajstić information content (AvgIpc) is 2.10. The number of nitrogens with zero attached hydrogens (tertiary/aromatic N) is 1. The highest BCUT2D eigenvalue weighted by atomic mass is 16.1. The number of allylic oxidation sites excluding steroid dienone is 1. The second-order valence-corrected chi connectivity index (χ2v) is 2.82. The van der Waals surface area contributed by atoms with Gasteiger partial charge >= 0.3 is 0 Å². The Labute approximate surface area is 77.5 Å². The van der Waals surface area contributed by atoms with E-state index in [1.54, 1.807) is 16.7 Å². The Balaban J connectivity index is 2.87. The third-order valence-electron chi connectivity index (χ3n) is 1.86. The minimum atomic E-state index is 0.0293. The number of rotatable bonds is 3. The molecule has 0 aliphatic carbocycles. The lowest BCUT2D eigenvalue weighted by atomic mass is 10.3. The fourth-order valence-electron chi connectivity index (χ4n) is 1.13. The average molecular weight is 178 g/mol. The molecule has 0 saturated carbocycles. The highest BCUT2D eigenvalue weighted by Gasteiger charge is 1.94. The van der Waals surface area contributed by atoms with Crippen molar-refractivity contribution in [1.82, 2.24) is 4.57 Å². The van der Waals surface area contributed by atoms with E-state index in [0.717, 1.165) is 5.69 Å². The summed E-state index contributed by atoms with van der Waals surface area (Å²) in [5.74, 6) is 0. The van der Waals surface area contributed by atoms with Crippen LogP contribution >= 0.6 is 0 Å². The van der Waals surface area contributed by atoms with E-state index in [1.807, 2.05) is 25.1 Å². The lowest BCUT2D eigenvalue weighted by Crippen LogP contribution is -2.20. The molecular formula is C10H14N2O. The Kier molecular flexibility index (Phi) is 3.46. The van der Waals surface area contributed by atoms with Gasteiger partial charge in [-0.25, -0.2) is 0 Å². The largest absolute Gasteiger partial charge is 0.327 e. The molecule has 1 heterocycles. The molecule has 0 bridgehead atoms. The maximum absolute atomic E-state index is 11.3. The molecule has 0 spiro atoms. The number of hydrogen-bond donors (Lipinski definition) is 1. The standard InChI is InChI=1S/C10H14N2O/c1-9-5-4-6-10(13)12(9)8-3-2-7-11/h2-6H,7-8,11H2,1H3. The Morgan fingerprint density at radius 2 is 2.23 bits per heavy atom. The monoisotopic (exact) mass is 178 g/mol. The maximum atomic E-state index is 11.3. The van der Waals surface area contributed by atoms with Gasteiger partial charge in [-0.1, -0.05) is 18.2 Å². The van der Waals surface area contributed by atoms with Crippen LogP contribution < -0.4 is 11.3 Å². The van der Waals surface area contributed by atoms with Gasteiger partial charge in [0.15, 0.2) is 0 Å². The third kappa shape index (κ3) is 2.56. The van der Waals surface area contributed by atoms with E-state index in [4.69, 9.17) is 5.73 Å². The Hall–Kier alpha value is -1.35. The fraction of sp³-hybridized carbons (Fsp3) is 0.300. The zero-order valence-electron chi connectivity index (χ0n) is 7.73. The van der Waals surface area contributed by atoms with E-state index >= 15 is 0 Å². The van der Waals surface area contributed by atoms with Gasteiger partial charge in [0, 0.05) is 24.8 Å². The van der Waals surface area contributed by atoms with Gasteiger partial charge in [0.1, 0.15) is 0 Å². The molecule has 0 unspecified atom stereocenters. The van der Waals surface area contributed by atoms with Crippen LogP contribution in [-0.2, 0) is 6.54 Å². The van der Waals surface area contributed by atoms with E-state index in [0.29, 0.717) is 13.1 Å². The number of nitrogens with two attached hydrogens (primary N) is 1. The highest BCUT2D eigenvalue weighted by Crippen LogP contribution is 1.93. The van der Waals surface area contributed by atoms with E-state index < -0.39 is 0 Å². The molecule has 70 valence electrons. The molecule has 0 aliphatic rings. The summed E-state index contributed by atoms with van der Waals surface area (Å²) in [6.07, 6.45) is 3.74. The zero-order chi connectivity index (χ0) is 9.68. The first-order chi connectivity index (χ1) is 6.25. The van der Waals surface area contributed by atoms with Crippen LogP contribution in [0.1, 0.15) is 5.69 Å². The van der Waals surface area contributed by atoms with Crippen LogP contribution in [0, 0.1) is 6.92 Å². The van der Waals surface area contributed by atoms with Gasteiger partial charge in [0.05, 0.1) is 0 Å². The van der Waals surface area contributed by atoms with Gasteiger partial charge in [0.2, 0.25) is 0 Å². The summed E-state index contributed by atoms with van der Waals surface area (Å²) >= 11 is 0. The second-order valence-electron chi connectivity index (χ2n) is 2.82. The molecule has 3 nitrogen and oxygen atoms in total. The maximum Gasteiger partial charge on any atom is 0.250 e. The quantitative estimate of drug-likeness (QED) is 0.692. The lowest BCUT2D eigenvalue weighted by Gasteiger charge is -2.05. The molecule has 0 radical (unpaired) electrons. The predicted octanol–water partition coefficient (Wildman–Crippen LogP) is 0.672. The van der Waals surface area contributed by atoms with Gasteiger partial charge in [-0.3, -0.25) is 4.79 Å². The first-order valence-corrected chi connectivity index (χ1v) is 4.27. The van der Waals surface area contributed by atoms with Crippen molar-refractivity contribution in [2.24, 2.45) is 5.73 Å². The molecule has 1 aromatic heterocycles. The van der Waals surface area contributed by atoms with Crippen LogP contribution in [0.3, 0.4) is 0 Å². The summed E-state index contributed by atoms with van der Waals surface area (Å²) in [6, 6.07) is 5.24. The minimum absolute atomic E-state index is 0.0293. The van der Waals surface area contributed by atoms with Gasteiger partial charge < -0.3 is 10.3 Å².